The summed E-state index contributed by atoms with van der Waals surface area (Å²) in [6, 6.07) is 6.14. The smallest absolute Gasteiger partial charge is 0.227 e. The van der Waals surface area contributed by atoms with E-state index in [0.717, 1.165) is 16.5 Å². The number of fused-ring (bicyclic) bond motifs is 1. The minimum atomic E-state index is -0.0351. The molecule has 1 aromatic heterocycles. The number of hydrogen-bond acceptors (Lipinski definition) is 2. The lowest BCUT2D eigenvalue weighted by molar-refractivity contribution is -0.130. The SMILES string of the molecule is C=CCN(CCO)C(=O)Cc1c[nH]c2cc(C)ccc12. The fourth-order valence-electron chi connectivity index (χ4n) is 2.32. The first-order chi connectivity index (χ1) is 9.65. The Kier molecular flexibility index (Phi) is 4.58. The van der Waals surface area contributed by atoms with Crippen molar-refractivity contribution in [3.63, 3.8) is 0 Å². The van der Waals surface area contributed by atoms with Crippen molar-refractivity contribution in [3.8, 4) is 0 Å². The number of benzene rings is 1. The van der Waals surface area contributed by atoms with E-state index in [-0.39, 0.29) is 12.5 Å². The summed E-state index contributed by atoms with van der Waals surface area (Å²) in [5.74, 6) is 0.000394. The van der Waals surface area contributed by atoms with Crippen LogP contribution in [-0.2, 0) is 11.2 Å². The van der Waals surface area contributed by atoms with Gasteiger partial charge in [0.25, 0.3) is 0 Å². The Balaban J connectivity index is 2.18. The Morgan fingerprint density at radius 1 is 1.50 bits per heavy atom. The highest BCUT2D eigenvalue weighted by atomic mass is 16.3. The minimum absolute atomic E-state index is 0.000394. The van der Waals surface area contributed by atoms with Gasteiger partial charge in [-0.15, -0.1) is 6.58 Å². The van der Waals surface area contributed by atoms with Gasteiger partial charge in [0.05, 0.1) is 13.0 Å². The molecule has 106 valence electrons. The molecule has 0 unspecified atom stereocenters. The van der Waals surface area contributed by atoms with Gasteiger partial charge in [0.2, 0.25) is 5.91 Å². The molecule has 0 saturated heterocycles. The molecule has 2 rings (SSSR count). The molecule has 0 aliphatic rings. The Morgan fingerprint density at radius 3 is 3.00 bits per heavy atom. The first-order valence-corrected chi connectivity index (χ1v) is 6.72. The zero-order valence-corrected chi connectivity index (χ0v) is 11.7. The van der Waals surface area contributed by atoms with Crippen molar-refractivity contribution in [1.82, 2.24) is 9.88 Å². The van der Waals surface area contributed by atoms with Crippen LogP contribution in [-0.4, -0.2) is 40.6 Å². The van der Waals surface area contributed by atoms with Crippen molar-refractivity contribution in [3.05, 3.63) is 48.2 Å². The molecule has 1 aromatic carbocycles. The lowest BCUT2D eigenvalue weighted by Crippen LogP contribution is -2.34. The summed E-state index contributed by atoms with van der Waals surface area (Å²) in [6.45, 7) is 6.44. The predicted molar refractivity (Wildman–Crippen MR) is 80.6 cm³/mol. The summed E-state index contributed by atoms with van der Waals surface area (Å²) < 4.78 is 0. The largest absolute Gasteiger partial charge is 0.395 e. The van der Waals surface area contributed by atoms with Crippen LogP contribution in [0.3, 0.4) is 0 Å². The maximum absolute atomic E-state index is 12.3. The maximum Gasteiger partial charge on any atom is 0.227 e. The van der Waals surface area contributed by atoms with E-state index in [1.54, 1.807) is 11.0 Å². The predicted octanol–water partition coefficient (Wildman–Crippen LogP) is 2.03. The van der Waals surface area contributed by atoms with E-state index in [9.17, 15) is 4.79 Å². The average Bonchev–Trinajstić information content (AvgIpc) is 2.80. The summed E-state index contributed by atoms with van der Waals surface area (Å²) in [5, 5.41) is 10.1. The zero-order chi connectivity index (χ0) is 14.5. The number of aryl methyl sites for hydroxylation is 1. The van der Waals surface area contributed by atoms with Gasteiger partial charge in [-0.3, -0.25) is 4.79 Å². The number of aliphatic hydroxyl groups excluding tert-OH is 1. The molecule has 0 atom stereocenters. The molecule has 0 bridgehead atoms. The fourth-order valence-corrected chi connectivity index (χ4v) is 2.32. The number of nitrogens with zero attached hydrogens (tertiary/aromatic N) is 1. The van der Waals surface area contributed by atoms with Crippen LogP contribution >= 0.6 is 0 Å². The number of H-pyrrole nitrogens is 1. The van der Waals surface area contributed by atoms with Gasteiger partial charge in [-0.05, 0) is 24.1 Å². The second-order valence-corrected chi connectivity index (χ2v) is 4.89. The Hall–Kier alpha value is -2.07. The topological polar surface area (TPSA) is 56.3 Å². The highest BCUT2D eigenvalue weighted by molar-refractivity contribution is 5.89. The normalized spacial score (nSPS) is 10.7. The third-order valence-corrected chi connectivity index (χ3v) is 3.34. The second kappa shape index (κ2) is 6.39. The van der Waals surface area contributed by atoms with Gasteiger partial charge in [0, 0.05) is 30.2 Å². The van der Waals surface area contributed by atoms with E-state index in [4.69, 9.17) is 5.11 Å². The number of carbonyl (C=O) groups is 1. The van der Waals surface area contributed by atoms with Crippen LogP contribution in [0.5, 0.6) is 0 Å². The summed E-state index contributed by atoms with van der Waals surface area (Å²) in [4.78, 5) is 17.1. The third-order valence-electron chi connectivity index (χ3n) is 3.34. The molecular weight excluding hydrogens is 252 g/mol. The van der Waals surface area contributed by atoms with Crippen LogP contribution in [0.4, 0.5) is 0 Å². The minimum Gasteiger partial charge on any atom is -0.395 e. The molecule has 4 heteroatoms. The third kappa shape index (κ3) is 3.08. The summed E-state index contributed by atoms with van der Waals surface area (Å²) in [5.41, 5.74) is 3.22. The number of nitrogens with one attached hydrogen (secondary N) is 1. The molecule has 0 aliphatic carbocycles. The van der Waals surface area contributed by atoms with Gasteiger partial charge < -0.3 is 15.0 Å². The van der Waals surface area contributed by atoms with E-state index in [1.807, 2.05) is 25.3 Å². The van der Waals surface area contributed by atoms with Crippen molar-refractivity contribution in [2.45, 2.75) is 13.3 Å². The number of aromatic amines is 1. The molecule has 0 saturated carbocycles. The summed E-state index contributed by atoms with van der Waals surface area (Å²) in [7, 11) is 0. The van der Waals surface area contributed by atoms with E-state index in [1.165, 1.54) is 5.56 Å². The van der Waals surface area contributed by atoms with Crippen LogP contribution in [0, 0.1) is 6.92 Å². The van der Waals surface area contributed by atoms with Gasteiger partial charge in [0.15, 0.2) is 0 Å². The number of carbonyl (C=O) groups excluding carboxylic acids is 1. The highest BCUT2D eigenvalue weighted by Crippen LogP contribution is 2.20. The van der Waals surface area contributed by atoms with Crippen LogP contribution < -0.4 is 0 Å². The molecule has 20 heavy (non-hydrogen) atoms. The van der Waals surface area contributed by atoms with Gasteiger partial charge in [-0.25, -0.2) is 0 Å². The Morgan fingerprint density at radius 2 is 2.30 bits per heavy atom. The molecule has 0 spiro atoms. The van der Waals surface area contributed by atoms with Gasteiger partial charge in [-0.2, -0.15) is 0 Å². The molecule has 1 amide bonds. The molecule has 0 fully saturated rings. The lowest BCUT2D eigenvalue weighted by Gasteiger charge is -2.19. The van der Waals surface area contributed by atoms with Crippen LogP contribution in [0.15, 0.2) is 37.1 Å². The van der Waals surface area contributed by atoms with Crippen molar-refractivity contribution >= 4 is 16.8 Å². The number of rotatable bonds is 6. The molecule has 4 nitrogen and oxygen atoms in total. The van der Waals surface area contributed by atoms with Crippen LogP contribution in [0.25, 0.3) is 10.9 Å². The number of aromatic nitrogens is 1. The second-order valence-electron chi connectivity index (χ2n) is 4.89. The number of hydrogen-bond donors (Lipinski definition) is 2. The summed E-state index contributed by atoms with van der Waals surface area (Å²) in [6.07, 6.45) is 3.89. The van der Waals surface area contributed by atoms with E-state index < -0.39 is 0 Å². The van der Waals surface area contributed by atoms with Crippen molar-refractivity contribution in [1.29, 1.82) is 0 Å². The fraction of sp³-hybridized carbons (Fsp3) is 0.312. The van der Waals surface area contributed by atoms with E-state index in [2.05, 4.69) is 17.6 Å². The lowest BCUT2D eigenvalue weighted by atomic mass is 10.1. The van der Waals surface area contributed by atoms with E-state index >= 15 is 0 Å². The average molecular weight is 272 g/mol. The van der Waals surface area contributed by atoms with Crippen molar-refractivity contribution < 1.29 is 9.90 Å². The maximum atomic E-state index is 12.3. The van der Waals surface area contributed by atoms with Crippen LogP contribution in [0.2, 0.25) is 0 Å². The summed E-state index contributed by atoms with van der Waals surface area (Å²) >= 11 is 0. The standard InChI is InChI=1S/C16H20N2O2/c1-3-6-18(7-8-19)16(20)10-13-11-17-15-9-12(2)4-5-14(13)15/h3-5,9,11,17,19H,1,6-8,10H2,2H3. The molecule has 0 aliphatic heterocycles. The number of amides is 1. The Bertz CT molecular complexity index is 616. The van der Waals surface area contributed by atoms with Gasteiger partial charge in [0.1, 0.15) is 0 Å². The van der Waals surface area contributed by atoms with Crippen LogP contribution in [0.1, 0.15) is 11.1 Å². The first-order valence-electron chi connectivity index (χ1n) is 6.72. The van der Waals surface area contributed by atoms with Gasteiger partial charge >= 0.3 is 0 Å². The highest BCUT2D eigenvalue weighted by Gasteiger charge is 2.14. The van der Waals surface area contributed by atoms with Crippen molar-refractivity contribution in [2.24, 2.45) is 0 Å². The van der Waals surface area contributed by atoms with Crippen molar-refractivity contribution in [2.75, 3.05) is 19.7 Å². The molecule has 1 heterocycles. The molecular formula is C16H20N2O2. The van der Waals surface area contributed by atoms with Gasteiger partial charge in [-0.1, -0.05) is 18.2 Å². The zero-order valence-electron chi connectivity index (χ0n) is 11.7. The quantitative estimate of drug-likeness (QED) is 0.791. The Labute approximate surface area is 118 Å². The monoisotopic (exact) mass is 272 g/mol. The van der Waals surface area contributed by atoms with E-state index in [0.29, 0.717) is 19.5 Å². The first kappa shape index (κ1) is 14.3. The molecule has 2 N–H and O–H groups in total. The molecule has 2 aromatic rings. The number of aliphatic hydroxyl groups is 1. The molecule has 0 radical (unpaired) electrons.